The molecule has 6 heteroatoms. The number of aromatic nitrogens is 2. The Hall–Kier alpha value is -2.50. The van der Waals surface area contributed by atoms with Crippen molar-refractivity contribution in [3.63, 3.8) is 0 Å². The Labute approximate surface area is 140 Å². The summed E-state index contributed by atoms with van der Waals surface area (Å²) in [5.74, 6) is 0.643. The van der Waals surface area contributed by atoms with Crippen LogP contribution in [0.2, 0.25) is 0 Å². The fourth-order valence-corrected chi connectivity index (χ4v) is 2.74. The first-order chi connectivity index (χ1) is 11.6. The minimum absolute atomic E-state index is 0.131. The maximum atomic E-state index is 13.6. The third-order valence-corrected chi connectivity index (χ3v) is 4.34. The number of halogens is 1. The van der Waals surface area contributed by atoms with Crippen LogP contribution in [0.15, 0.2) is 36.5 Å². The Morgan fingerprint density at radius 3 is 2.79 bits per heavy atom. The van der Waals surface area contributed by atoms with Crippen molar-refractivity contribution in [3.05, 3.63) is 53.6 Å². The monoisotopic (exact) mass is 328 g/mol. The number of benzene rings is 1. The quantitative estimate of drug-likeness (QED) is 0.937. The lowest BCUT2D eigenvalue weighted by atomic mass is 10.00. The highest BCUT2D eigenvalue weighted by Gasteiger charge is 2.19. The van der Waals surface area contributed by atoms with Gasteiger partial charge >= 0.3 is 0 Å². The van der Waals surface area contributed by atoms with Crippen LogP contribution in [0, 0.1) is 11.7 Å². The van der Waals surface area contributed by atoms with Gasteiger partial charge in [-0.15, -0.1) is 0 Å². The maximum absolute atomic E-state index is 13.6. The number of carbonyl (C=O) groups is 1. The average Bonchev–Trinajstić information content (AvgIpc) is 2.61. The Morgan fingerprint density at radius 1 is 1.29 bits per heavy atom. The summed E-state index contributed by atoms with van der Waals surface area (Å²) in [5.41, 5.74) is 0.750. The molecule has 3 rings (SSSR count). The van der Waals surface area contributed by atoms with Crippen molar-refractivity contribution in [2.24, 2.45) is 5.92 Å². The van der Waals surface area contributed by atoms with E-state index in [0.29, 0.717) is 23.1 Å². The van der Waals surface area contributed by atoms with Crippen molar-refractivity contribution in [2.45, 2.75) is 26.3 Å². The Kier molecular flexibility index (Phi) is 5.03. The van der Waals surface area contributed by atoms with Crippen LogP contribution in [-0.2, 0) is 6.54 Å². The molecule has 24 heavy (non-hydrogen) atoms. The molecular formula is C18H21FN4O. The number of nitrogens with zero attached hydrogens (tertiary/aromatic N) is 3. The van der Waals surface area contributed by atoms with Gasteiger partial charge in [-0.05, 0) is 30.9 Å². The second-order valence-corrected chi connectivity index (χ2v) is 6.19. The second-order valence-electron chi connectivity index (χ2n) is 6.19. The molecule has 1 aromatic carbocycles. The first kappa shape index (κ1) is 16.4. The number of hydrogen-bond donors (Lipinski definition) is 1. The van der Waals surface area contributed by atoms with Gasteiger partial charge in [0.15, 0.2) is 0 Å². The number of rotatable bonds is 4. The van der Waals surface area contributed by atoms with Gasteiger partial charge in [0.1, 0.15) is 11.5 Å². The van der Waals surface area contributed by atoms with Crippen molar-refractivity contribution < 1.29 is 9.18 Å². The molecule has 0 spiro atoms. The predicted molar refractivity (Wildman–Crippen MR) is 90.2 cm³/mol. The minimum Gasteiger partial charge on any atom is -0.347 e. The van der Waals surface area contributed by atoms with Crippen molar-refractivity contribution >= 4 is 11.9 Å². The van der Waals surface area contributed by atoms with Crippen molar-refractivity contribution in [1.29, 1.82) is 0 Å². The van der Waals surface area contributed by atoms with E-state index < -0.39 is 0 Å². The molecule has 0 aliphatic carbocycles. The molecule has 0 unspecified atom stereocenters. The fraction of sp³-hybridized carbons (Fsp3) is 0.389. The van der Waals surface area contributed by atoms with Crippen LogP contribution >= 0.6 is 0 Å². The van der Waals surface area contributed by atoms with Crippen molar-refractivity contribution in [1.82, 2.24) is 15.3 Å². The highest BCUT2D eigenvalue weighted by molar-refractivity contribution is 5.92. The third kappa shape index (κ3) is 3.88. The number of piperidine rings is 1. The molecule has 2 heterocycles. The van der Waals surface area contributed by atoms with E-state index >= 15 is 0 Å². The molecule has 0 atom stereocenters. The molecule has 0 bridgehead atoms. The Balaban J connectivity index is 1.65. The summed E-state index contributed by atoms with van der Waals surface area (Å²) >= 11 is 0. The lowest BCUT2D eigenvalue weighted by molar-refractivity contribution is 0.0945. The summed E-state index contributed by atoms with van der Waals surface area (Å²) < 4.78 is 13.6. The molecule has 1 aliphatic rings. The van der Waals surface area contributed by atoms with Gasteiger partial charge in [0.25, 0.3) is 5.91 Å². The highest BCUT2D eigenvalue weighted by atomic mass is 19.1. The number of amides is 1. The van der Waals surface area contributed by atoms with E-state index in [2.05, 4.69) is 27.1 Å². The number of nitrogens with one attached hydrogen (secondary N) is 1. The van der Waals surface area contributed by atoms with E-state index in [1.165, 1.54) is 6.07 Å². The lowest BCUT2D eigenvalue weighted by Gasteiger charge is -2.30. The summed E-state index contributed by atoms with van der Waals surface area (Å²) in [7, 11) is 0. The zero-order valence-electron chi connectivity index (χ0n) is 13.7. The topological polar surface area (TPSA) is 58.1 Å². The predicted octanol–water partition coefficient (Wildman–Crippen LogP) is 2.78. The molecule has 1 fully saturated rings. The van der Waals surface area contributed by atoms with Gasteiger partial charge in [0.2, 0.25) is 5.95 Å². The van der Waals surface area contributed by atoms with E-state index in [4.69, 9.17) is 0 Å². The molecule has 2 aromatic rings. The Bertz CT molecular complexity index is 714. The second kappa shape index (κ2) is 7.38. The number of carbonyl (C=O) groups excluding carboxylic acids is 1. The van der Waals surface area contributed by atoms with Crippen molar-refractivity contribution in [3.8, 4) is 0 Å². The van der Waals surface area contributed by atoms with Crippen LogP contribution < -0.4 is 10.2 Å². The molecular weight excluding hydrogens is 307 g/mol. The summed E-state index contributed by atoms with van der Waals surface area (Å²) in [5, 5.41) is 2.71. The van der Waals surface area contributed by atoms with Crippen molar-refractivity contribution in [2.75, 3.05) is 18.0 Å². The zero-order valence-corrected chi connectivity index (χ0v) is 13.7. The van der Waals surface area contributed by atoms with E-state index in [1.807, 2.05) is 0 Å². The van der Waals surface area contributed by atoms with Crippen LogP contribution in [0.1, 0.15) is 35.8 Å². The van der Waals surface area contributed by atoms with Crippen LogP contribution in [0.4, 0.5) is 10.3 Å². The zero-order chi connectivity index (χ0) is 16.9. The van der Waals surface area contributed by atoms with Crippen LogP contribution in [-0.4, -0.2) is 29.0 Å². The van der Waals surface area contributed by atoms with E-state index in [9.17, 15) is 9.18 Å². The smallest absolute Gasteiger partial charge is 0.270 e. The van der Waals surface area contributed by atoms with Gasteiger partial charge in [-0.2, -0.15) is 0 Å². The molecule has 5 nitrogen and oxygen atoms in total. The molecule has 0 radical (unpaired) electrons. The standard InChI is InChI=1S/C18H21FN4O/c1-13-7-10-23(11-8-13)18-20-9-6-16(22-18)17(24)21-12-14-4-2-3-5-15(14)19/h2-6,9,13H,7-8,10-12H2,1H3,(H,21,24). The molecule has 1 aliphatic heterocycles. The molecule has 1 aromatic heterocycles. The average molecular weight is 328 g/mol. The first-order valence-corrected chi connectivity index (χ1v) is 8.23. The Morgan fingerprint density at radius 2 is 2.04 bits per heavy atom. The maximum Gasteiger partial charge on any atom is 0.270 e. The lowest BCUT2D eigenvalue weighted by Crippen LogP contribution is -2.34. The molecule has 1 saturated heterocycles. The first-order valence-electron chi connectivity index (χ1n) is 8.23. The van der Waals surface area contributed by atoms with E-state index in [1.54, 1.807) is 30.5 Å². The van der Waals surface area contributed by atoms with Gasteiger partial charge < -0.3 is 10.2 Å². The SMILES string of the molecule is CC1CCN(c2nccc(C(=O)NCc3ccccc3F)n2)CC1. The summed E-state index contributed by atoms with van der Waals surface area (Å²) in [6.07, 6.45) is 3.80. The highest BCUT2D eigenvalue weighted by Crippen LogP contribution is 2.19. The number of hydrogen-bond acceptors (Lipinski definition) is 4. The minimum atomic E-state index is -0.330. The molecule has 126 valence electrons. The van der Waals surface area contributed by atoms with Gasteiger partial charge in [-0.25, -0.2) is 14.4 Å². The molecule has 1 amide bonds. The largest absolute Gasteiger partial charge is 0.347 e. The summed E-state index contributed by atoms with van der Waals surface area (Å²) in [6, 6.07) is 7.96. The van der Waals surface area contributed by atoms with Crippen LogP contribution in [0.25, 0.3) is 0 Å². The van der Waals surface area contributed by atoms with E-state index in [-0.39, 0.29) is 18.3 Å². The van der Waals surface area contributed by atoms with Gasteiger partial charge in [0.05, 0.1) is 0 Å². The molecule has 1 N–H and O–H groups in total. The van der Waals surface area contributed by atoms with E-state index in [0.717, 1.165) is 25.9 Å². The van der Waals surface area contributed by atoms with Crippen LogP contribution in [0.5, 0.6) is 0 Å². The van der Waals surface area contributed by atoms with Gasteiger partial charge in [-0.3, -0.25) is 4.79 Å². The van der Waals surface area contributed by atoms with Gasteiger partial charge in [0, 0.05) is 31.4 Å². The number of anilines is 1. The molecule has 0 saturated carbocycles. The third-order valence-electron chi connectivity index (χ3n) is 4.34. The van der Waals surface area contributed by atoms with Gasteiger partial charge in [-0.1, -0.05) is 25.1 Å². The van der Waals surface area contributed by atoms with Crippen LogP contribution in [0.3, 0.4) is 0 Å². The summed E-state index contributed by atoms with van der Waals surface area (Å²) in [4.78, 5) is 23.0. The normalized spacial score (nSPS) is 15.3. The fourth-order valence-electron chi connectivity index (χ4n) is 2.74. The summed E-state index contributed by atoms with van der Waals surface area (Å²) in [6.45, 7) is 4.18.